The Morgan fingerprint density at radius 3 is 2.25 bits per heavy atom. The van der Waals surface area contributed by atoms with Crippen LogP contribution in [-0.2, 0) is 0 Å². The molecule has 1 heteroatoms. The summed E-state index contributed by atoms with van der Waals surface area (Å²) in [5.41, 5.74) is 3.70. The SMILES string of the molecule is C#CB(C)C(C(=C)CC)=C(C)C. The Bertz CT molecular complexity index is 236. The normalized spacial score (nSPS) is 8.58. The minimum Gasteiger partial charge on any atom is -0.153 e. The molecule has 0 spiro atoms. The standard InChI is InChI=1S/C11H17B/c1-7-10(5)11(9(3)4)12(6)8-2/h2H,5,7H2,1,3-4,6H3. The van der Waals surface area contributed by atoms with Crippen molar-refractivity contribution in [2.24, 2.45) is 0 Å². The van der Waals surface area contributed by atoms with Crippen LogP contribution in [0.25, 0.3) is 0 Å². The molecule has 64 valence electrons. The predicted molar refractivity (Wildman–Crippen MR) is 58.3 cm³/mol. The topological polar surface area (TPSA) is 0 Å². The molecule has 12 heavy (non-hydrogen) atoms. The van der Waals surface area contributed by atoms with Gasteiger partial charge < -0.3 is 0 Å². The fourth-order valence-electron chi connectivity index (χ4n) is 1.37. The maximum atomic E-state index is 5.38. The third kappa shape index (κ3) is 2.62. The van der Waals surface area contributed by atoms with Crippen LogP contribution in [0.5, 0.6) is 0 Å². The average molecular weight is 160 g/mol. The summed E-state index contributed by atoms with van der Waals surface area (Å²) in [5.74, 6) is 2.74. The largest absolute Gasteiger partial charge is 0.260 e. The monoisotopic (exact) mass is 160 g/mol. The molecule has 0 bridgehead atoms. The van der Waals surface area contributed by atoms with E-state index < -0.39 is 0 Å². The molecule has 0 amide bonds. The van der Waals surface area contributed by atoms with Gasteiger partial charge in [-0.05, 0) is 20.3 Å². The molecule has 0 radical (unpaired) electrons. The summed E-state index contributed by atoms with van der Waals surface area (Å²) < 4.78 is 0. The summed E-state index contributed by atoms with van der Waals surface area (Å²) >= 11 is 0. The van der Waals surface area contributed by atoms with Crippen LogP contribution in [0, 0.1) is 12.2 Å². The van der Waals surface area contributed by atoms with Gasteiger partial charge in [-0.2, -0.15) is 5.82 Å². The molecular weight excluding hydrogens is 143 g/mol. The summed E-state index contributed by atoms with van der Waals surface area (Å²) in [4.78, 5) is 0. The first-order valence-electron chi connectivity index (χ1n) is 4.36. The van der Waals surface area contributed by atoms with E-state index in [2.05, 4.69) is 33.2 Å². The molecule has 0 saturated heterocycles. The number of allylic oxidation sites excluding steroid dienone is 3. The van der Waals surface area contributed by atoms with Crippen LogP contribution < -0.4 is 0 Å². The molecule has 0 unspecified atom stereocenters. The lowest BCUT2D eigenvalue weighted by Crippen LogP contribution is -2.12. The van der Waals surface area contributed by atoms with Crippen molar-refractivity contribution >= 4 is 6.71 Å². The molecule has 0 saturated carbocycles. The molecule has 0 heterocycles. The lowest BCUT2D eigenvalue weighted by molar-refractivity contribution is 1.13. The zero-order valence-electron chi connectivity index (χ0n) is 8.57. The molecular formula is C11H17B. The van der Waals surface area contributed by atoms with Crippen molar-refractivity contribution in [1.82, 2.24) is 0 Å². The maximum absolute atomic E-state index is 5.38. The van der Waals surface area contributed by atoms with Crippen molar-refractivity contribution < 1.29 is 0 Å². The van der Waals surface area contributed by atoms with Gasteiger partial charge in [0.2, 0.25) is 0 Å². The molecule has 0 aliphatic carbocycles. The van der Waals surface area contributed by atoms with Gasteiger partial charge in [-0.1, -0.05) is 36.9 Å². The Hall–Kier alpha value is -0.895. The fraction of sp³-hybridized carbons (Fsp3) is 0.455. The van der Waals surface area contributed by atoms with Crippen molar-refractivity contribution in [2.45, 2.75) is 34.0 Å². The second-order valence-electron chi connectivity index (χ2n) is 3.26. The molecule has 0 aromatic carbocycles. The van der Waals surface area contributed by atoms with Crippen molar-refractivity contribution in [2.75, 3.05) is 0 Å². The molecule has 0 fully saturated rings. The molecule has 0 atom stereocenters. The first kappa shape index (κ1) is 11.1. The van der Waals surface area contributed by atoms with Gasteiger partial charge in [0.05, 0.1) is 0 Å². The van der Waals surface area contributed by atoms with Gasteiger partial charge in [-0.25, -0.2) is 0 Å². The number of terminal acetylenes is 1. The lowest BCUT2D eigenvalue weighted by atomic mass is 9.45. The Balaban J connectivity index is 4.85. The van der Waals surface area contributed by atoms with Crippen molar-refractivity contribution in [3.63, 3.8) is 0 Å². The second kappa shape index (κ2) is 4.88. The Morgan fingerprint density at radius 2 is 2.00 bits per heavy atom. The van der Waals surface area contributed by atoms with E-state index in [9.17, 15) is 0 Å². The van der Waals surface area contributed by atoms with Gasteiger partial charge in [0.1, 0.15) is 0 Å². The zero-order valence-corrected chi connectivity index (χ0v) is 8.57. The van der Waals surface area contributed by atoms with Crippen LogP contribution >= 0.6 is 0 Å². The summed E-state index contributed by atoms with van der Waals surface area (Å²) in [6.07, 6.45) is 6.36. The third-order valence-corrected chi connectivity index (χ3v) is 2.03. The van der Waals surface area contributed by atoms with Crippen LogP contribution in [0.2, 0.25) is 6.82 Å². The van der Waals surface area contributed by atoms with E-state index in [1.807, 2.05) is 6.82 Å². The summed E-state index contributed by atoms with van der Waals surface area (Å²) in [5, 5.41) is 0. The first-order chi connectivity index (χ1) is 5.54. The van der Waals surface area contributed by atoms with Crippen LogP contribution in [0.4, 0.5) is 0 Å². The van der Waals surface area contributed by atoms with Crippen LogP contribution in [0.15, 0.2) is 23.2 Å². The van der Waals surface area contributed by atoms with Crippen molar-refractivity contribution in [1.29, 1.82) is 0 Å². The highest BCUT2D eigenvalue weighted by molar-refractivity contribution is 6.74. The minimum absolute atomic E-state index is 0.197. The molecule has 0 aliphatic heterocycles. The van der Waals surface area contributed by atoms with Gasteiger partial charge in [-0.3, -0.25) is 0 Å². The number of rotatable bonds is 3. The number of hydrogen-bond donors (Lipinski definition) is 0. The van der Waals surface area contributed by atoms with Crippen molar-refractivity contribution in [3.8, 4) is 12.2 Å². The smallest absolute Gasteiger partial charge is 0.153 e. The van der Waals surface area contributed by atoms with Crippen molar-refractivity contribution in [3.05, 3.63) is 23.2 Å². The molecule has 0 aliphatic rings. The van der Waals surface area contributed by atoms with Crippen LogP contribution in [0.1, 0.15) is 27.2 Å². The third-order valence-electron chi connectivity index (χ3n) is 2.03. The van der Waals surface area contributed by atoms with E-state index in [-0.39, 0.29) is 6.71 Å². The molecule has 0 aromatic heterocycles. The van der Waals surface area contributed by atoms with Gasteiger partial charge >= 0.3 is 0 Å². The first-order valence-corrected chi connectivity index (χ1v) is 4.36. The molecule has 0 rings (SSSR count). The minimum atomic E-state index is 0.197. The van der Waals surface area contributed by atoms with E-state index in [1.54, 1.807) is 0 Å². The van der Waals surface area contributed by atoms with Gasteiger partial charge in [-0.15, -0.1) is 6.42 Å². The zero-order chi connectivity index (χ0) is 9.72. The lowest BCUT2D eigenvalue weighted by Gasteiger charge is -2.12. The van der Waals surface area contributed by atoms with Gasteiger partial charge in [0, 0.05) is 0 Å². The highest BCUT2D eigenvalue weighted by atomic mass is 14.0. The van der Waals surface area contributed by atoms with E-state index in [4.69, 9.17) is 6.42 Å². The van der Waals surface area contributed by atoms with E-state index in [0.29, 0.717) is 0 Å². The highest BCUT2D eigenvalue weighted by Crippen LogP contribution is 2.18. The van der Waals surface area contributed by atoms with Gasteiger partial charge in [0.15, 0.2) is 0 Å². The maximum Gasteiger partial charge on any atom is 0.260 e. The van der Waals surface area contributed by atoms with Crippen LogP contribution in [0.3, 0.4) is 0 Å². The Kier molecular flexibility index (Phi) is 4.51. The summed E-state index contributed by atoms with van der Waals surface area (Å²) in [6.45, 7) is 12.5. The highest BCUT2D eigenvalue weighted by Gasteiger charge is 2.13. The quantitative estimate of drug-likeness (QED) is 0.338. The molecule has 0 aromatic rings. The molecule has 0 nitrogen and oxygen atoms in total. The predicted octanol–water partition coefficient (Wildman–Crippen LogP) is 3.13. The number of hydrogen-bond acceptors (Lipinski definition) is 0. The van der Waals surface area contributed by atoms with Gasteiger partial charge in [0.25, 0.3) is 6.71 Å². The Morgan fingerprint density at radius 1 is 1.50 bits per heavy atom. The van der Waals surface area contributed by atoms with E-state index >= 15 is 0 Å². The molecule has 0 N–H and O–H groups in total. The second-order valence-corrected chi connectivity index (χ2v) is 3.26. The van der Waals surface area contributed by atoms with E-state index in [1.165, 1.54) is 16.6 Å². The van der Waals surface area contributed by atoms with E-state index in [0.717, 1.165) is 6.42 Å². The Labute approximate surface area is 76.8 Å². The average Bonchev–Trinajstić information content (AvgIpc) is 2.03. The summed E-state index contributed by atoms with van der Waals surface area (Å²) in [6, 6.07) is 0. The fourth-order valence-corrected chi connectivity index (χ4v) is 1.37. The van der Waals surface area contributed by atoms with Crippen LogP contribution in [-0.4, -0.2) is 6.71 Å². The summed E-state index contributed by atoms with van der Waals surface area (Å²) in [7, 11) is 0.